The number of aromatic nitrogens is 2. The van der Waals surface area contributed by atoms with Crippen LogP contribution in [0.5, 0.6) is 0 Å². The normalized spacial score (nSPS) is 18.3. The van der Waals surface area contributed by atoms with Crippen molar-refractivity contribution in [2.75, 3.05) is 11.2 Å². The van der Waals surface area contributed by atoms with Gasteiger partial charge in [-0.15, -0.1) is 11.6 Å². The molecule has 100 valence electrons. The van der Waals surface area contributed by atoms with Gasteiger partial charge in [0, 0.05) is 23.6 Å². The van der Waals surface area contributed by atoms with E-state index in [-0.39, 0.29) is 5.54 Å². The van der Waals surface area contributed by atoms with E-state index in [1.165, 1.54) is 12.8 Å². The zero-order valence-corrected chi connectivity index (χ0v) is 12.2. The summed E-state index contributed by atoms with van der Waals surface area (Å²) < 4.78 is 0. The Bertz CT molecular complexity index is 412. The van der Waals surface area contributed by atoms with Crippen molar-refractivity contribution < 1.29 is 0 Å². The fraction of sp³-hybridized carbons (Fsp3) is 0.714. The van der Waals surface area contributed by atoms with Crippen LogP contribution in [0.1, 0.15) is 57.0 Å². The Morgan fingerprint density at radius 3 is 2.56 bits per heavy atom. The van der Waals surface area contributed by atoms with E-state index in [0.29, 0.717) is 11.8 Å². The molecule has 18 heavy (non-hydrogen) atoms. The molecule has 3 nitrogen and oxygen atoms in total. The summed E-state index contributed by atoms with van der Waals surface area (Å²) in [7, 11) is 0. The van der Waals surface area contributed by atoms with Gasteiger partial charge in [0.15, 0.2) is 0 Å². The van der Waals surface area contributed by atoms with Crippen LogP contribution in [0.25, 0.3) is 0 Å². The third kappa shape index (κ3) is 2.94. The summed E-state index contributed by atoms with van der Waals surface area (Å²) in [5.41, 5.74) is 1.05. The first kappa shape index (κ1) is 13.6. The van der Waals surface area contributed by atoms with Gasteiger partial charge in [0.05, 0.1) is 5.54 Å². The lowest BCUT2D eigenvalue weighted by Crippen LogP contribution is -2.37. The Balaban J connectivity index is 2.22. The molecule has 0 unspecified atom stereocenters. The van der Waals surface area contributed by atoms with Gasteiger partial charge in [-0.05, 0) is 19.8 Å². The minimum Gasteiger partial charge on any atom is -0.363 e. The topological polar surface area (TPSA) is 37.8 Å². The molecular weight excluding hydrogens is 246 g/mol. The first-order chi connectivity index (χ1) is 8.54. The van der Waals surface area contributed by atoms with Crippen molar-refractivity contribution in [2.45, 2.75) is 57.9 Å². The number of halogens is 1. The molecule has 1 aliphatic carbocycles. The van der Waals surface area contributed by atoms with Crippen molar-refractivity contribution in [2.24, 2.45) is 0 Å². The van der Waals surface area contributed by atoms with Crippen molar-refractivity contribution in [1.29, 1.82) is 0 Å². The lowest BCUT2D eigenvalue weighted by atomic mass is 10.0. The van der Waals surface area contributed by atoms with E-state index >= 15 is 0 Å². The third-order valence-electron chi connectivity index (χ3n) is 3.60. The largest absolute Gasteiger partial charge is 0.363 e. The van der Waals surface area contributed by atoms with Crippen molar-refractivity contribution in [3.05, 3.63) is 17.6 Å². The Labute approximate surface area is 114 Å². The van der Waals surface area contributed by atoms with Crippen molar-refractivity contribution in [3.8, 4) is 0 Å². The minimum atomic E-state index is 0.0383. The quantitative estimate of drug-likeness (QED) is 0.842. The van der Waals surface area contributed by atoms with Gasteiger partial charge in [-0.25, -0.2) is 9.97 Å². The van der Waals surface area contributed by atoms with Gasteiger partial charge in [0.25, 0.3) is 0 Å². The van der Waals surface area contributed by atoms with Gasteiger partial charge < -0.3 is 5.32 Å². The van der Waals surface area contributed by atoms with Gasteiger partial charge in [-0.1, -0.05) is 26.7 Å². The lowest BCUT2D eigenvalue weighted by molar-refractivity contribution is 0.536. The molecule has 4 heteroatoms. The summed E-state index contributed by atoms with van der Waals surface area (Å²) in [4.78, 5) is 9.08. The summed E-state index contributed by atoms with van der Waals surface area (Å²) in [6.07, 6.45) is 4.77. The maximum atomic E-state index is 6.15. The summed E-state index contributed by atoms with van der Waals surface area (Å²) in [5, 5.41) is 3.56. The first-order valence-corrected chi connectivity index (χ1v) is 7.28. The Hall–Kier alpha value is -0.830. The highest BCUT2D eigenvalue weighted by molar-refractivity contribution is 6.18. The van der Waals surface area contributed by atoms with Gasteiger partial charge >= 0.3 is 0 Å². The van der Waals surface area contributed by atoms with Crippen LogP contribution in [-0.2, 0) is 0 Å². The van der Waals surface area contributed by atoms with Gasteiger partial charge in [-0.3, -0.25) is 0 Å². The van der Waals surface area contributed by atoms with Crippen molar-refractivity contribution in [1.82, 2.24) is 9.97 Å². The number of alkyl halides is 1. The number of aryl methyl sites for hydroxylation is 1. The molecule has 0 radical (unpaired) electrons. The molecule has 0 bridgehead atoms. The van der Waals surface area contributed by atoms with Crippen LogP contribution in [0.3, 0.4) is 0 Å². The molecule has 0 saturated heterocycles. The lowest BCUT2D eigenvalue weighted by Gasteiger charge is -2.28. The van der Waals surface area contributed by atoms with E-state index in [0.717, 1.165) is 30.2 Å². The van der Waals surface area contributed by atoms with Crippen molar-refractivity contribution in [3.63, 3.8) is 0 Å². The van der Waals surface area contributed by atoms with Crippen LogP contribution in [0.4, 0.5) is 5.82 Å². The molecule has 1 aromatic heterocycles. The number of hydrogen-bond acceptors (Lipinski definition) is 3. The summed E-state index contributed by atoms with van der Waals surface area (Å²) in [6.45, 7) is 6.25. The standard InChI is InChI=1S/C14H22ClN3/c1-10(2)13-16-11(3)8-12(17-13)18-14(9-15)6-4-5-7-14/h8,10H,4-7,9H2,1-3H3,(H,16,17,18). The highest BCUT2D eigenvalue weighted by Gasteiger charge is 2.33. The monoisotopic (exact) mass is 267 g/mol. The van der Waals surface area contributed by atoms with E-state index < -0.39 is 0 Å². The molecule has 1 saturated carbocycles. The second-order valence-corrected chi connectivity index (χ2v) is 5.92. The minimum absolute atomic E-state index is 0.0383. The average molecular weight is 268 g/mol. The Morgan fingerprint density at radius 1 is 1.33 bits per heavy atom. The summed E-state index contributed by atoms with van der Waals surface area (Å²) >= 11 is 6.15. The molecule has 1 aromatic rings. The predicted molar refractivity (Wildman–Crippen MR) is 76.4 cm³/mol. The summed E-state index contributed by atoms with van der Waals surface area (Å²) in [6, 6.07) is 2.01. The van der Waals surface area contributed by atoms with Crippen LogP contribution in [0.2, 0.25) is 0 Å². The van der Waals surface area contributed by atoms with Crippen LogP contribution >= 0.6 is 11.6 Å². The molecule has 1 fully saturated rings. The van der Waals surface area contributed by atoms with Gasteiger partial charge in [0.1, 0.15) is 11.6 Å². The Kier molecular flexibility index (Phi) is 4.10. The summed E-state index contributed by atoms with van der Waals surface area (Å²) in [5.74, 6) is 2.82. The van der Waals surface area contributed by atoms with Crippen molar-refractivity contribution >= 4 is 17.4 Å². The Morgan fingerprint density at radius 2 is 2.00 bits per heavy atom. The zero-order chi connectivity index (χ0) is 13.2. The maximum absolute atomic E-state index is 6.15. The van der Waals surface area contributed by atoms with Crippen LogP contribution < -0.4 is 5.32 Å². The van der Waals surface area contributed by atoms with E-state index in [4.69, 9.17) is 11.6 Å². The van der Waals surface area contributed by atoms with Gasteiger partial charge in [0.2, 0.25) is 0 Å². The van der Waals surface area contributed by atoms with E-state index in [2.05, 4.69) is 29.1 Å². The number of anilines is 1. The second kappa shape index (κ2) is 5.43. The number of nitrogens with zero attached hydrogens (tertiary/aromatic N) is 2. The maximum Gasteiger partial charge on any atom is 0.133 e. The molecule has 1 heterocycles. The molecule has 1 N–H and O–H groups in total. The fourth-order valence-electron chi connectivity index (χ4n) is 2.53. The molecular formula is C14H22ClN3. The molecule has 0 aromatic carbocycles. The molecule has 2 rings (SSSR count). The molecule has 0 atom stereocenters. The van der Waals surface area contributed by atoms with E-state index in [9.17, 15) is 0 Å². The fourth-order valence-corrected chi connectivity index (χ4v) is 2.86. The SMILES string of the molecule is Cc1cc(NC2(CCl)CCCC2)nc(C(C)C)n1. The smallest absolute Gasteiger partial charge is 0.133 e. The molecule has 1 aliphatic rings. The predicted octanol–water partition coefficient (Wildman–Crippen LogP) is 3.87. The van der Waals surface area contributed by atoms with Gasteiger partial charge in [-0.2, -0.15) is 0 Å². The number of rotatable bonds is 4. The first-order valence-electron chi connectivity index (χ1n) is 6.74. The molecule has 0 spiro atoms. The zero-order valence-electron chi connectivity index (χ0n) is 11.5. The van der Waals surface area contributed by atoms with Crippen LogP contribution in [0, 0.1) is 6.92 Å². The highest BCUT2D eigenvalue weighted by atomic mass is 35.5. The molecule has 0 aliphatic heterocycles. The van der Waals surface area contributed by atoms with E-state index in [1.54, 1.807) is 0 Å². The van der Waals surface area contributed by atoms with E-state index in [1.807, 2.05) is 13.0 Å². The average Bonchev–Trinajstić information content (AvgIpc) is 2.77. The van der Waals surface area contributed by atoms with Crippen LogP contribution in [0.15, 0.2) is 6.07 Å². The molecule has 0 amide bonds. The van der Waals surface area contributed by atoms with Crippen LogP contribution in [-0.4, -0.2) is 21.4 Å². The second-order valence-electron chi connectivity index (χ2n) is 5.65. The highest BCUT2D eigenvalue weighted by Crippen LogP contribution is 2.33. The number of hydrogen-bond donors (Lipinski definition) is 1. The number of nitrogens with one attached hydrogen (secondary N) is 1. The third-order valence-corrected chi connectivity index (χ3v) is 4.11.